The SMILES string of the molecule is CC(C)(C)c1cc(-c2cccc(O)c2)c2c(N)[nH]nc2n1. The number of rotatable bonds is 1. The van der Waals surface area contributed by atoms with Crippen molar-refractivity contribution in [3.63, 3.8) is 0 Å². The molecule has 3 rings (SSSR count). The second kappa shape index (κ2) is 4.48. The molecule has 5 heteroatoms. The van der Waals surface area contributed by atoms with Gasteiger partial charge in [-0.05, 0) is 29.3 Å². The topological polar surface area (TPSA) is 87.8 Å². The van der Waals surface area contributed by atoms with Crippen molar-refractivity contribution in [3.05, 3.63) is 36.0 Å². The minimum Gasteiger partial charge on any atom is -0.508 e. The number of anilines is 1. The number of aromatic nitrogens is 3. The van der Waals surface area contributed by atoms with Gasteiger partial charge in [0.05, 0.1) is 5.39 Å². The Kier molecular flexibility index (Phi) is 2.86. The van der Waals surface area contributed by atoms with E-state index in [1.54, 1.807) is 12.1 Å². The molecule has 21 heavy (non-hydrogen) atoms. The number of pyridine rings is 1. The van der Waals surface area contributed by atoms with Crippen LogP contribution in [-0.4, -0.2) is 20.3 Å². The Morgan fingerprint density at radius 3 is 2.62 bits per heavy atom. The van der Waals surface area contributed by atoms with E-state index in [1.807, 2.05) is 18.2 Å². The summed E-state index contributed by atoms with van der Waals surface area (Å²) in [6, 6.07) is 9.12. The zero-order chi connectivity index (χ0) is 15.2. The molecule has 2 heterocycles. The number of phenolic OH excluding ortho intramolecular Hbond substituents is 1. The number of nitrogens with one attached hydrogen (secondary N) is 1. The summed E-state index contributed by atoms with van der Waals surface area (Å²) in [5.74, 6) is 0.702. The van der Waals surface area contributed by atoms with E-state index in [0.717, 1.165) is 22.2 Å². The summed E-state index contributed by atoms with van der Waals surface area (Å²) in [6.07, 6.45) is 0. The van der Waals surface area contributed by atoms with Crippen molar-refractivity contribution in [2.75, 3.05) is 5.73 Å². The highest BCUT2D eigenvalue weighted by Gasteiger charge is 2.20. The van der Waals surface area contributed by atoms with Gasteiger partial charge in [-0.15, -0.1) is 0 Å². The predicted molar refractivity (Wildman–Crippen MR) is 84.1 cm³/mol. The standard InChI is InChI=1S/C16H18N4O/c1-16(2,3)12-8-11(9-5-4-6-10(21)7-9)13-14(17)19-20-15(13)18-12/h4-8,21H,1-3H3,(H3,17,18,19,20). The molecule has 0 bridgehead atoms. The van der Waals surface area contributed by atoms with Gasteiger partial charge in [-0.25, -0.2) is 4.98 Å². The number of H-pyrrole nitrogens is 1. The minimum atomic E-state index is -0.104. The number of aromatic amines is 1. The maximum absolute atomic E-state index is 9.73. The number of nitrogens with two attached hydrogens (primary N) is 1. The number of benzene rings is 1. The monoisotopic (exact) mass is 282 g/mol. The van der Waals surface area contributed by atoms with Crippen LogP contribution in [-0.2, 0) is 5.41 Å². The minimum absolute atomic E-state index is 0.104. The highest BCUT2D eigenvalue weighted by Crippen LogP contribution is 2.35. The maximum Gasteiger partial charge on any atom is 0.184 e. The van der Waals surface area contributed by atoms with Crippen molar-refractivity contribution in [3.8, 4) is 16.9 Å². The molecule has 4 N–H and O–H groups in total. The zero-order valence-electron chi connectivity index (χ0n) is 12.3. The smallest absolute Gasteiger partial charge is 0.184 e. The molecular weight excluding hydrogens is 264 g/mol. The number of fused-ring (bicyclic) bond motifs is 1. The first-order chi connectivity index (χ1) is 9.86. The van der Waals surface area contributed by atoms with Crippen LogP contribution >= 0.6 is 0 Å². The summed E-state index contributed by atoms with van der Waals surface area (Å²) in [4.78, 5) is 4.59. The second-order valence-corrected chi connectivity index (χ2v) is 6.19. The van der Waals surface area contributed by atoms with Gasteiger partial charge in [-0.2, -0.15) is 5.10 Å². The molecular formula is C16H18N4O. The van der Waals surface area contributed by atoms with E-state index >= 15 is 0 Å². The van der Waals surface area contributed by atoms with Crippen LogP contribution in [0.2, 0.25) is 0 Å². The third kappa shape index (κ3) is 2.31. The molecule has 0 spiro atoms. The largest absolute Gasteiger partial charge is 0.508 e. The van der Waals surface area contributed by atoms with Crippen LogP contribution in [0.15, 0.2) is 30.3 Å². The number of hydrogen-bond donors (Lipinski definition) is 3. The van der Waals surface area contributed by atoms with Gasteiger partial charge in [0.15, 0.2) is 5.65 Å². The second-order valence-electron chi connectivity index (χ2n) is 6.19. The Morgan fingerprint density at radius 2 is 1.95 bits per heavy atom. The molecule has 0 aliphatic rings. The molecule has 0 saturated heterocycles. The highest BCUT2D eigenvalue weighted by molar-refractivity contribution is 6.00. The molecule has 0 aliphatic heterocycles. The van der Waals surface area contributed by atoms with Crippen LogP contribution in [0, 0.1) is 0 Å². The van der Waals surface area contributed by atoms with E-state index < -0.39 is 0 Å². The molecule has 0 radical (unpaired) electrons. The average Bonchev–Trinajstić information content (AvgIpc) is 2.79. The third-order valence-electron chi connectivity index (χ3n) is 3.48. The molecule has 5 nitrogen and oxygen atoms in total. The van der Waals surface area contributed by atoms with Crippen LogP contribution in [0.3, 0.4) is 0 Å². The van der Waals surface area contributed by atoms with Crippen molar-refractivity contribution in [1.82, 2.24) is 15.2 Å². The lowest BCUT2D eigenvalue weighted by Crippen LogP contribution is -2.13. The molecule has 3 aromatic rings. The van der Waals surface area contributed by atoms with Gasteiger partial charge in [-0.3, -0.25) is 5.10 Å². The molecule has 0 amide bonds. The lowest BCUT2D eigenvalue weighted by Gasteiger charge is -2.19. The fourth-order valence-corrected chi connectivity index (χ4v) is 2.33. The maximum atomic E-state index is 9.73. The number of nitrogens with zero attached hydrogens (tertiary/aromatic N) is 2. The van der Waals surface area contributed by atoms with Gasteiger partial charge in [0.1, 0.15) is 11.6 Å². The molecule has 0 atom stereocenters. The Hall–Kier alpha value is -2.56. The van der Waals surface area contributed by atoms with Crippen molar-refractivity contribution >= 4 is 16.9 Å². The molecule has 0 unspecified atom stereocenters. The summed E-state index contributed by atoms with van der Waals surface area (Å²) in [5.41, 5.74) is 9.23. The summed E-state index contributed by atoms with van der Waals surface area (Å²) >= 11 is 0. The molecule has 2 aromatic heterocycles. The average molecular weight is 282 g/mol. The van der Waals surface area contributed by atoms with Crippen LogP contribution in [0.25, 0.3) is 22.2 Å². The van der Waals surface area contributed by atoms with Crippen molar-refractivity contribution < 1.29 is 5.11 Å². The van der Waals surface area contributed by atoms with E-state index in [1.165, 1.54) is 0 Å². The van der Waals surface area contributed by atoms with Crippen LogP contribution in [0.1, 0.15) is 26.5 Å². The highest BCUT2D eigenvalue weighted by atomic mass is 16.3. The van der Waals surface area contributed by atoms with Crippen molar-refractivity contribution in [2.45, 2.75) is 26.2 Å². The fourth-order valence-electron chi connectivity index (χ4n) is 2.33. The van der Waals surface area contributed by atoms with Gasteiger partial charge < -0.3 is 10.8 Å². The number of aromatic hydroxyl groups is 1. The Bertz CT molecular complexity index is 815. The van der Waals surface area contributed by atoms with E-state index in [4.69, 9.17) is 5.73 Å². The van der Waals surface area contributed by atoms with Gasteiger partial charge in [-0.1, -0.05) is 32.9 Å². The lowest BCUT2D eigenvalue weighted by atomic mass is 9.89. The van der Waals surface area contributed by atoms with Crippen LogP contribution in [0.4, 0.5) is 5.82 Å². The Labute approximate surface area is 122 Å². The van der Waals surface area contributed by atoms with Gasteiger partial charge in [0.2, 0.25) is 0 Å². The first kappa shape index (κ1) is 13.4. The van der Waals surface area contributed by atoms with Crippen LogP contribution < -0.4 is 5.73 Å². The Balaban J connectivity index is 2.36. The van der Waals surface area contributed by atoms with E-state index in [9.17, 15) is 5.11 Å². The number of nitrogen functional groups attached to an aromatic ring is 1. The summed E-state index contributed by atoms with van der Waals surface area (Å²) in [7, 11) is 0. The number of hydrogen-bond acceptors (Lipinski definition) is 4. The molecule has 0 aliphatic carbocycles. The van der Waals surface area contributed by atoms with E-state index in [-0.39, 0.29) is 11.2 Å². The van der Waals surface area contributed by atoms with Gasteiger partial charge in [0.25, 0.3) is 0 Å². The first-order valence-electron chi connectivity index (χ1n) is 6.81. The summed E-state index contributed by atoms with van der Waals surface area (Å²) in [5, 5.41) is 17.5. The third-order valence-corrected chi connectivity index (χ3v) is 3.48. The van der Waals surface area contributed by atoms with E-state index in [2.05, 4.69) is 36.0 Å². The molecule has 108 valence electrons. The normalized spacial score (nSPS) is 12.0. The van der Waals surface area contributed by atoms with Crippen molar-refractivity contribution in [1.29, 1.82) is 0 Å². The molecule has 0 fully saturated rings. The lowest BCUT2D eigenvalue weighted by molar-refractivity contribution is 0.475. The van der Waals surface area contributed by atoms with Crippen molar-refractivity contribution in [2.24, 2.45) is 0 Å². The van der Waals surface area contributed by atoms with Crippen LogP contribution in [0.5, 0.6) is 5.75 Å². The van der Waals surface area contributed by atoms with Gasteiger partial charge >= 0.3 is 0 Å². The number of phenols is 1. The Morgan fingerprint density at radius 1 is 1.19 bits per heavy atom. The molecule has 1 aromatic carbocycles. The summed E-state index contributed by atoms with van der Waals surface area (Å²) in [6.45, 7) is 6.30. The fraction of sp³-hybridized carbons (Fsp3) is 0.250. The predicted octanol–water partition coefficient (Wildman–Crippen LogP) is 3.21. The molecule has 0 saturated carbocycles. The first-order valence-corrected chi connectivity index (χ1v) is 6.81. The van der Waals surface area contributed by atoms with E-state index in [0.29, 0.717) is 11.5 Å². The van der Waals surface area contributed by atoms with Gasteiger partial charge in [0, 0.05) is 11.1 Å². The zero-order valence-corrected chi connectivity index (χ0v) is 12.3. The summed E-state index contributed by atoms with van der Waals surface area (Å²) < 4.78 is 0. The quantitative estimate of drug-likeness (QED) is 0.639.